The highest BCUT2D eigenvalue weighted by atomic mass is 32.2. The third-order valence-corrected chi connectivity index (χ3v) is 2.45. The van der Waals surface area contributed by atoms with Gasteiger partial charge in [-0.25, -0.2) is 0 Å². The molecular formula is C11H11NOS. The first-order chi connectivity index (χ1) is 6.83. The van der Waals surface area contributed by atoms with Gasteiger partial charge in [0.15, 0.2) is 5.75 Å². The van der Waals surface area contributed by atoms with Gasteiger partial charge >= 0.3 is 0 Å². The molecular weight excluding hydrogens is 194 g/mol. The Bertz CT molecular complexity index is 456. The van der Waals surface area contributed by atoms with Crippen molar-refractivity contribution in [1.82, 2.24) is 0 Å². The summed E-state index contributed by atoms with van der Waals surface area (Å²) in [6, 6.07) is 11.9. The zero-order valence-electron chi connectivity index (χ0n) is 7.86. The average molecular weight is 205 g/mol. The van der Waals surface area contributed by atoms with Gasteiger partial charge in [-0.15, -0.1) is 0 Å². The van der Waals surface area contributed by atoms with Crippen LogP contribution in [0, 0.1) is 0 Å². The number of rotatable bonds is 2. The molecule has 2 aromatic carbocycles. The van der Waals surface area contributed by atoms with E-state index in [9.17, 15) is 0 Å². The molecule has 0 amide bonds. The first-order valence-corrected chi connectivity index (χ1v) is 5.46. The Balaban J connectivity index is 2.63. The van der Waals surface area contributed by atoms with Gasteiger partial charge in [0.2, 0.25) is 0 Å². The predicted molar refractivity (Wildman–Crippen MR) is 62.5 cm³/mol. The van der Waals surface area contributed by atoms with E-state index >= 15 is 0 Å². The van der Waals surface area contributed by atoms with Gasteiger partial charge in [-0.1, -0.05) is 30.3 Å². The van der Waals surface area contributed by atoms with E-state index in [0.717, 1.165) is 16.5 Å². The van der Waals surface area contributed by atoms with Crippen LogP contribution in [-0.2, 0) is 0 Å². The van der Waals surface area contributed by atoms with Crippen LogP contribution in [0.4, 0.5) is 5.69 Å². The molecule has 0 atom stereocenters. The summed E-state index contributed by atoms with van der Waals surface area (Å²) in [4.78, 5) is 0. The van der Waals surface area contributed by atoms with Gasteiger partial charge in [0.1, 0.15) is 0 Å². The molecule has 0 aliphatic carbocycles. The Kier molecular flexibility index (Phi) is 2.50. The largest absolute Gasteiger partial charge is 0.424 e. The van der Waals surface area contributed by atoms with Crippen LogP contribution in [0.2, 0.25) is 0 Å². The molecule has 2 rings (SSSR count). The molecule has 0 radical (unpaired) electrons. The normalized spacial score (nSPS) is 10.4. The van der Waals surface area contributed by atoms with Gasteiger partial charge < -0.3 is 9.92 Å². The van der Waals surface area contributed by atoms with Crippen LogP contribution in [0.15, 0.2) is 36.4 Å². The number of fused-ring (bicyclic) bond motifs is 1. The third kappa shape index (κ3) is 1.51. The van der Waals surface area contributed by atoms with Crippen molar-refractivity contribution in [2.75, 3.05) is 12.0 Å². The first kappa shape index (κ1) is 9.21. The van der Waals surface area contributed by atoms with Crippen LogP contribution >= 0.6 is 12.0 Å². The summed E-state index contributed by atoms with van der Waals surface area (Å²) in [5, 5.41) is 2.18. The Hall–Kier alpha value is -1.35. The maximum Gasteiger partial charge on any atom is 0.160 e. The van der Waals surface area contributed by atoms with Crippen LogP contribution in [0.25, 0.3) is 10.8 Å². The SMILES string of the molecule is CSOc1ccc2ccccc2c1N. The molecule has 3 heteroatoms. The van der Waals surface area contributed by atoms with Crippen LogP contribution in [0.3, 0.4) is 0 Å². The molecule has 0 aliphatic rings. The average Bonchev–Trinajstić information content (AvgIpc) is 2.23. The summed E-state index contributed by atoms with van der Waals surface area (Å²) < 4.78 is 5.34. The van der Waals surface area contributed by atoms with Crippen molar-refractivity contribution < 1.29 is 4.18 Å². The van der Waals surface area contributed by atoms with Gasteiger partial charge in [-0.05, 0) is 11.5 Å². The van der Waals surface area contributed by atoms with Crippen LogP contribution in [-0.4, -0.2) is 6.26 Å². The topological polar surface area (TPSA) is 35.2 Å². The summed E-state index contributed by atoms with van der Waals surface area (Å²) in [6.45, 7) is 0. The van der Waals surface area contributed by atoms with Crippen molar-refractivity contribution in [2.24, 2.45) is 0 Å². The molecule has 72 valence electrons. The van der Waals surface area contributed by atoms with Crippen molar-refractivity contribution in [3.05, 3.63) is 36.4 Å². The van der Waals surface area contributed by atoms with E-state index in [4.69, 9.17) is 9.92 Å². The molecule has 2 aromatic rings. The van der Waals surface area contributed by atoms with Crippen LogP contribution in [0.5, 0.6) is 5.75 Å². The molecule has 0 aliphatic heterocycles. The molecule has 0 unspecified atom stereocenters. The maximum absolute atomic E-state index is 5.97. The summed E-state index contributed by atoms with van der Waals surface area (Å²) in [5.41, 5.74) is 6.67. The molecule has 0 aromatic heterocycles. The van der Waals surface area contributed by atoms with Crippen molar-refractivity contribution >= 4 is 28.5 Å². The van der Waals surface area contributed by atoms with Gasteiger partial charge in [0.25, 0.3) is 0 Å². The Morgan fingerprint density at radius 1 is 1.14 bits per heavy atom. The Labute approximate surface area is 87.3 Å². The number of nitrogens with two attached hydrogens (primary N) is 1. The highest BCUT2D eigenvalue weighted by molar-refractivity contribution is 7.94. The fourth-order valence-corrected chi connectivity index (χ4v) is 1.76. The summed E-state index contributed by atoms with van der Waals surface area (Å²) in [5.74, 6) is 0.733. The number of benzene rings is 2. The minimum atomic E-state index is 0.706. The van der Waals surface area contributed by atoms with Gasteiger partial charge in [0, 0.05) is 11.6 Å². The van der Waals surface area contributed by atoms with Gasteiger partial charge in [-0.2, -0.15) is 0 Å². The zero-order valence-corrected chi connectivity index (χ0v) is 8.67. The van der Waals surface area contributed by atoms with Crippen molar-refractivity contribution in [2.45, 2.75) is 0 Å². The van der Waals surface area contributed by atoms with E-state index in [0.29, 0.717) is 5.69 Å². The number of anilines is 1. The van der Waals surface area contributed by atoms with E-state index in [1.807, 2.05) is 42.7 Å². The molecule has 14 heavy (non-hydrogen) atoms. The van der Waals surface area contributed by atoms with Crippen molar-refractivity contribution in [3.8, 4) is 5.75 Å². The fourth-order valence-electron chi connectivity index (χ4n) is 1.44. The lowest BCUT2D eigenvalue weighted by atomic mass is 10.1. The first-order valence-electron chi connectivity index (χ1n) is 4.31. The molecule has 0 spiro atoms. The lowest BCUT2D eigenvalue weighted by Gasteiger charge is -2.07. The quantitative estimate of drug-likeness (QED) is 0.604. The number of nitrogen functional groups attached to an aromatic ring is 1. The molecule has 0 fully saturated rings. The number of hydrogen-bond acceptors (Lipinski definition) is 3. The van der Waals surface area contributed by atoms with Crippen LogP contribution < -0.4 is 9.92 Å². The Morgan fingerprint density at radius 2 is 1.93 bits per heavy atom. The molecule has 0 saturated heterocycles. The molecule has 0 heterocycles. The highest BCUT2D eigenvalue weighted by Gasteiger charge is 2.04. The second kappa shape index (κ2) is 3.80. The standard InChI is InChI=1S/C11H11NOS/c1-14-13-10-7-6-8-4-2-3-5-9(8)11(10)12/h2-7H,12H2,1H3. The second-order valence-corrected chi connectivity index (χ2v) is 3.45. The lowest BCUT2D eigenvalue weighted by molar-refractivity contribution is 0.654. The monoisotopic (exact) mass is 205 g/mol. The van der Waals surface area contributed by atoms with E-state index in [1.54, 1.807) is 0 Å². The number of hydrogen-bond donors (Lipinski definition) is 1. The van der Waals surface area contributed by atoms with Crippen LogP contribution in [0.1, 0.15) is 0 Å². The smallest absolute Gasteiger partial charge is 0.160 e. The fraction of sp³-hybridized carbons (Fsp3) is 0.0909. The van der Waals surface area contributed by atoms with E-state index < -0.39 is 0 Å². The second-order valence-electron chi connectivity index (χ2n) is 2.95. The molecule has 2 nitrogen and oxygen atoms in total. The lowest BCUT2D eigenvalue weighted by Crippen LogP contribution is -1.91. The summed E-state index contributed by atoms with van der Waals surface area (Å²) in [6.07, 6.45) is 1.87. The molecule has 0 bridgehead atoms. The highest BCUT2D eigenvalue weighted by Crippen LogP contribution is 2.31. The predicted octanol–water partition coefficient (Wildman–Crippen LogP) is 3.08. The maximum atomic E-state index is 5.97. The molecule has 0 saturated carbocycles. The summed E-state index contributed by atoms with van der Waals surface area (Å²) >= 11 is 1.30. The van der Waals surface area contributed by atoms with E-state index in [1.165, 1.54) is 12.0 Å². The minimum absolute atomic E-state index is 0.706. The van der Waals surface area contributed by atoms with Gasteiger partial charge in [-0.3, -0.25) is 0 Å². The Morgan fingerprint density at radius 3 is 2.71 bits per heavy atom. The third-order valence-electron chi connectivity index (χ3n) is 2.10. The van der Waals surface area contributed by atoms with Gasteiger partial charge in [0.05, 0.1) is 17.7 Å². The van der Waals surface area contributed by atoms with Crippen molar-refractivity contribution in [1.29, 1.82) is 0 Å². The minimum Gasteiger partial charge on any atom is -0.424 e. The zero-order chi connectivity index (χ0) is 9.97. The summed E-state index contributed by atoms with van der Waals surface area (Å²) in [7, 11) is 0. The van der Waals surface area contributed by atoms with Crippen molar-refractivity contribution in [3.63, 3.8) is 0 Å². The van der Waals surface area contributed by atoms with E-state index in [-0.39, 0.29) is 0 Å². The molecule has 2 N–H and O–H groups in total. The van der Waals surface area contributed by atoms with E-state index in [2.05, 4.69) is 0 Å².